The van der Waals surface area contributed by atoms with Crippen LogP contribution in [0.4, 0.5) is 0 Å². The van der Waals surface area contributed by atoms with Gasteiger partial charge in [-0.25, -0.2) is 0 Å². The lowest BCUT2D eigenvalue weighted by Crippen LogP contribution is -1.76. The fraction of sp³-hybridized carbons (Fsp3) is 0.750. The average molecular weight is 121 g/mol. The first-order valence-corrected chi connectivity index (χ1v) is 3.21. The summed E-state index contributed by atoms with van der Waals surface area (Å²) in [5.41, 5.74) is 0. The molecule has 0 aliphatic rings. The number of rotatable bonds is 3. The van der Waals surface area contributed by atoms with Crippen molar-refractivity contribution in [2.45, 2.75) is 6.42 Å². The molecular weight excluding hydrogens is 112 g/mol. The highest BCUT2D eigenvalue weighted by atomic mass is 32.1. The number of hydrogen-bond donors (Lipinski definition) is 2. The van der Waals surface area contributed by atoms with Crippen LogP contribution in [0.25, 0.3) is 0 Å². The Kier molecular flexibility index (Phi) is 6.36. The van der Waals surface area contributed by atoms with E-state index in [1.165, 1.54) is 0 Å². The van der Waals surface area contributed by atoms with E-state index in [9.17, 15) is 0 Å². The van der Waals surface area contributed by atoms with E-state index in [-0.39, 0.29) is 0 Å². The fourth-order valence-electron chi connectivity index (χ4n) is 0.183. The monoisotopic (exact) mass is 121 g/mol. The van der Waals surface area contributed by atoms with Crippen LogP contribution in [-0.4, -0.2) is 11.5 Å². The molecule has 1 radical (unpaired) electrons. The first-order valence-electron chi connectivity index (χ1n) is 1.95. The molecule has 0 spiro atoms. The van der Waals surface area contributed by atoms with Crippen LogP contribution in [0.15, 0.2) is 0 Å². The highest BCUT2D eigenvalue weighted by Gasteiger charge is 1.76. The Hall–Kier alpha value is 0.700. The van der Waals surface area contributed by atoms with Gasteiger partial charge in [0, 0.05) is 0 Å². The predicted octanol–water partition coefficient (Wildman–Crippen LogP) is 1.44. The molecule has 0 amide bonds. The molecule has 0 saturated heterocycles. The highest BCUT2D eigenvalue weighted by molar-refractivity contribution is 7.80. The molecule has 2 heteroatoms. The maximum atomic E-state index is 3.99. The molecule has 0 N–H and O–H groups in total. The lowest BCUT2D eigenvalue weighted by Gasteiger charge is -1.84. The van der Waals surface area contributed by atoms with Crippen LogP contribution >= 0.6 is 25.3 Å². The molecule has 0 bridgehead atoms. The third kappa shape index (κ3) is 4.70. The zero-order valence-corrected chi connectivity index (χ0v) is 5.38. The van der Waals surface area contributed by atoms with Crippen molar-refractivity contribution in [3.8, 4) is 0 Å². The lowest BCUT2D eigenvalue weighted by atomic mass is 10.4. The SMILES string of the molecule is SC[CH]CCS. The molecule has 0 heterocycles. The summed E-state index contributed by atoms with van der Waals surface area (Å²) in [7, 11) is 0. The van der Waals surface area contributed by atoms with E-state index in [1.807, 2.05) is 0 Å². The smallest absolute Gasteiger partial charge is 0.00663 e. The van der Waals surface area contributed by atoms with Crippen LogP contribution in [0.2, 0.25) is 0 Å². The third-order valence-corrected chi connectivity index (χ3v) is 0.979. The van der Waals surface area contributed by atoms with Gasteiger partial charge in [-0.3, -0.25) is 0 Å². The van der Waals surface area contributed by atoms with Crippen molar-refractivity contribution in [1.82, 2.24) is 0 Å². The van der Waals surface area contributed by atoms with Crippen molar-refractivity contribution in [1.29, 1.82) is 0 Å². The van der Waals surface area contributed by atoms with Crippen LogP contribution < -0.4 is 0 Å². The summed E-state index contributed by atoms with van der Waals surface area (Å²) in [6.07, 6.45) is 3.17. The van der Waals surface area contributed by atoms with Crippen LogP contribution in [0.1, 0.15) is 6.42 Å². The maximum absolute atomic E-state index is 3.99. The van der Waals surface area contributed by atoms with E-state index < -0.39 is 0 Å². The molecule has 0 aliphatic heterocycles. The van der Waals surface area contributed by atoms with Crippen LogP contribution in [0.5, 0.6) is 0 Å². The van der Waals surface area contributed by atoms with Gasteiger partial charge >= 0.3 is 0 Å². The van der Waals surface area contributed by atoms with Gasteiger partial charge < -0.3 is 0 Å². The summed E-state index contributed by atoms with van der Waals surface area (Å²) in [6.45, 7) is 0. The summed E-state index contributed by atoms with van der Waals surface area (Å²) >= 11 is 7.95. The van der Waals surface area contributed by atoms with Gasteiger partial charge in [0.1, 0.15) is 0 Å². The Morgan fingerprint density at radius 1 is 1.33 bits per heavy atom. The Bertz CT molecular complexity index is 17.5. The van der Waals surface area contributed by atoms with Gasteiger partial charge in [-0.1, -0.05) is 0 Å². The second-order valence-electron chi connectivity index (χ2n) is 0.984. The normalized spacial score (nSPS) is 9.00. The molecule has 0 nitrogen and oxygen atoms in total. The molecule has 0 aromatic heterocycles. The zero-order valence-electron chi connectivity index (χ0n) is 3.59. The van der Waals surface area contributed by atoms with Crippen molar-refractivity contribution < 1.29 is 0 Å². The molecule has 0 unspecified atom stereocenters. The van der Waals surface area contributed by atoms with E-state index in [0.717, 1.165) is 17.9 Å². The van der Waals surface area contributed by atoms with Crippen molar-refractivity contribution in [2.24, 2.45) is 0 Å². The van der Waals surface area contributed by atoms with Crippen LogP contribution in [0, 0.1) is 6.42 Å². The summed E-state index contributed by atoms with van der Waals surface area (Å²) in [5.74, 6) is 1.82. The van der Waals surface area contributed by atoms with E-state index in [0.29, 0.717) is 0 Å². The molecule has 0 rings (SSSR count). The second-order valence-corrected chi connectivity index (χ2v) is 1.80. The molecule has 37 valence electrons. The highest BCUT2D eigenvalue weighted by Crippen LogP contribution is 1.89. The standard InChI is InChI=1S/C4H9S2/c5-3-1-2-4-6/h1,5-6H,2-4H2. The summed E-state index contributed by atoms with van der Waals surface area (Å²) in [4.78, 5) is 0. The Balaban J connectivity index is 2.34. The van der Waals surface area contributed by atoms with Gasteiger partial charge in [-0.2, -0.15) is 25.3 Å². The van der Waals surface area contributed by atoms with Crippen molar-refractivity contribution in [3.63, 3.8) is 0 Å². The van der Waals surface area contributed by atoms with Crippen molar-refractivity contribution in [2.75, 3.05) is 11.5 Å². The topological polar surface area (TPSA) is 0 Å². The van der Waals surface area contributed by atoms with E-state index >= 15 is 0 Å². The maximum Gasteiger partial charge on any atom is -0.00663 e. The minimum atomic E-state index is 0.876. The predicted molar refractivity (Wildman–Crippen MR) is 36.6 cm³/mol. The van der Waals surface area contributed by atoms with Gasteiger partial charge in [-0.05, 0) is 24.3 Å². The molecule has 0 fully saturated rings. The largest absolute Gasteiger partial charge is 0.179 e. The molecule has 0 saturated carbocycles. The minimum Gasteiger partial charge on any atom is -0.179 e. The number of unbranched alkanes of at least 4 members (excludes halogenated alkanes) is 1. The van der Waals surface area contributed by atoms with E-state index in [4.69, 9.17) is 0 Å². The molecule has 6 heavy (non-hydrogen) atoms. The quantitative estimate of drug-likeness (QED) is 0.410. The zero-order chi connectivity index (χ0) is 4.83. The van der Waals surface area contributed by atoms with Crippen LogP contribution in [0.3, 0.4) is 0 Å². The minimum absolute atomic E-state index is 0.876. The van der Waals surface area contributed by atoms with Crippen molar-refractivity contribution in [3.05, 3.63) is 6.42 Å². The second kappa shape index (κ2) is 5.70. The Morgan fingerprint density at radius 2 is 2.00 bits per heavy atom. The Morgan fingerprint density at radius 3 is 2.17 bits per heavy atom. The summed E-state index contributed by atoms with van der Waals surface area (Å²) in [5, 5.41) is 0. The van der Waals surface area contributed by atoms with E-state index in [2.05, 4.69) is 31.7 Å². The summed E-state index contributed by atoms with van der Waals surface area (Å²) in [6, 6.07) is 0. The molecule has 0 aromatic carbocycles. The first-order chi connectivity index (χ1) is 2.91. The number of thiol groups is 2. The van der Waals surface area contributed by atoms with Gasteiger partial charge in [0.2, 0.25) is 0 Å². The van der Waals surface area contributed by atoms with Gasteiger partial charge in [0.15, 0.2) is 0 Å². The molecule has 0 aliphatic carbocycles. The molecular formula is C4H9S2. The van der Waals surface area contributed by atoms with Gasteiger partial charge in [0.05, 0.1) is 0 Å². The first kappa shape index (κ1) is 6.70. The Labute approximate surface area is 50.1 Å². The van der Waals surface area contributed by atoms with Gasteiger partial charge in [0.25, 0.3) is 0 Å². The average Bonchev–Trinajstić information content (AvgIpc) is 1.61. The fourth-order valence-corrected chi connectivity index (χ4v) is 0.548. The third-order valence-electron chi connectivity index (χ3n) is 0.462. The van der Waals surface area contributed by atoms with Crippen LogP contribution in [-0.2, 0) is 0 Å². The number of hydrogen-bond acceptors (Lipinski definition) is 2. The van der Waals surface area contributed by atoms with Crippen molar-refractivity contribution >= 4 is 25.3 Å². The summed E-state index contributed by atoms with van der Waals surface area (Å²) < 4.78 is 0. The molecule has 0 atom stereocenters. The van der Waals surface area contributed by atoms with Gasteiger partial charge in [-0.15, -0.1) is 0 Å². The lowest BCUT2D eigenvalue weighted by molar-refractivity contribution is 1.13. The molecule has 0 aromatic rings. The van der Waals surface area contributed by atoms with E-state index in [1.54, 1.807) is 0 Å².